The fourth-order valence-electron chi connectivity index (χ4n) is 2.81. The molecule has 0 atom stereocenters. The van der Waals surface area contributed by atoms with Crippen molar-refractivity contribution in [2.24, 2.45) is 0 Å². The molecule has 1 aromatic rings. The number of amides is 1. The number of halogens is 3. The summed E-state index contributed by atoms with van der Waals surface area (Å²) >= 11 is 0. The minimum absolute atomic E-state index is 0.0869. The molecule has 0 bridgehead atoms. The van der Waals surface area contributed by atoms with E-state index in [0.717, 1.165) is 37.8 Å². The van der Waals surface area contributed by atoms with Crippen LogP contribution in [0, 0.1) is 0 Å². The summed E-state index contributed by atoms with van der Waals surface area (Å²) in [6, 6.07) is 4.73. The molecule has 0 unspecified atom stereocenters. The van der Waals surface area contributed by atoms with Crippen molar-refractivity contribution >= 4 is 5.91 Å². The van der Waals surface area contributed by atoms with Crippen molar-refractivity contribution < 1.29 is 32.5 Å². The Morgan fingerprint density at radius 1 is 1.21 bits per heavy atom. The number of rotatable bonds is 7. The second-order valence-electron chi connectivity index (χ2n) is 5.72. The molecule has 24 heavy (non-hydrogen) atoms. The third-order valence-corrected chi connectivity index (χ3v) is 3.94. The molecular weight excluding hydrogens is 327 g/mol. The average Bonchev–Trinajstić information content (AvgIpc) is 2.99. The van der Waals surface area contributed by atoms with Crippen molar-refractivity contribution in [1.82, 2.24) is 5.32 Å². The van der Waals surface area contributed by atoms with E-state index < -0.39 is 17.9 Å². The third-order valence-electron chi connectivity index (χ3n) is 3.94. The predicted molar refractivity (Wildman–Crippen MR) is 79.7 cm³/mol. The van der Waals surface area contributed by atoms with Crippen LogP contribution < -0.4 is 10.1 Å². The number of aliphatic hydroxyl groups excluding tert-OH is 1. The van der Waals surface area contributed by atoms with E-state index in [-0.39, 0.29) is 24.5 Å². The van der Waals surface area contributed by atoms with Gasteiger partial charge >= 0.3 is 6.36 Å². The monoisotopic (exact) mass is 347 g/mol. The van der Waals surface area contributed by atoms with Gasteiger partial charge in [0.05, 0.1) is 18.8 Å². The zero-order valence-electron chi connectivity index (χ0n) is 13.1. The van der Waals surface area contributed by atoms with Gasteiger partial charge in [0.25, 0.3) is 5.91 Å². The van der Waals surface area contributed by atoms with Crippen molar-refractivity contribution in [2.75, 3.05) is 19.8 Å². The summed E-state index contributed by atoms with van der Waals surface area (Å²) in [5, 5.41) is 11.6. The molecule has 1 aliphatic carbocycles. The molecule has 5 nitrogen and oxygen atoms in total. The van der Waals surface area contributed by atoms with Crippen LogP contribution in [0.15, 0.2) is 24.3 Å². The van der Waals surface area contributed by atoms with E-state index in [9.17, 15) is 18.0 Å². The van der Waals surface area contributed by atoms with Gasteiger partial charge in [-0.05, 0) is 37.1 Å². The van der Waals surface area contributed by atoms with Crippen molar-refractivity contribution in [1.29, 1.82) is 0 Å². The molecule has 0 aliphatic heterocycles. The molecule has 0 saturated heterocycles. The minimum Gasteiger partial charge on any atom is -0.406 e. The number of hydrogen-bond acceptors (Lipinski definition) is 4. The first-order valence-electron chi connectivity index (χ1n) is 7.72. The molecule has 134 valence electrons. The Balaban J connectivity index is 1.91. The maximum atomic E-state index is 12.1. The van der Waals surface area contributed by atoms with Gasteiger partial charge in [-0.15, -0.1) is 13.2 Å². The number of carbonyl (C=O) groups excluding carboxylic acids is 1. The smallest absolute Gasteiger partial charge is 0.406 e. The van der Waals surface area contributed by atoms with E-state index in [4.69, 9.17) is 9.84 Å². The first-order valence-corrected chi connectivity index (χ1v) is 7.72. The van der Waals surface area contributed by atoms with Crippen LogP contribution in [-0.4, -0.2) is 42.7 Å². The number of carbonyl (C=O) groups is 1. The Hall–Kier alpha value is -1.80. The van der Waals surface area contributed by atoms with E-state index in [1.807, 2.05) is 0 Å². The normalized spacial score (nSPS) is 16.8. The number of benzene rings is 1. The van der Waals surface area contributed by atoms with Crippen LogP contribution in [0.3, 0.4) is 0 Å². The molecule has 0 radical (unpaired) electrons. The SMILES string of the molecule is O=C(NCC1(OCCO)CCCC1)c1ccc(OC(F)(F)F)cc1. The summed E-state index contributed by atoms with van der Waals surface area (Å²) in [5.74, 6) is -0.773. The quantitative estimate of drug-likeness (QED) is 0.796. The predicted octanol–water partition coefficient (Wildman–Crippen LogP) is 2.64. The van der Waals surface area contributed by atoms with Gasteiger partial charge in [-0.3, -0.25) is 4.79 Å². The van der Waals surface area contributed by atoms with Crippen LogP contribution in [-0.2, 0) is 4.74 Å². The molecule has 0 aromatic heterocycles. The molecule has 2 N–H and O–H groups in total. The molecule has 1 saturated carbocycles. The lowest BCUT2D eigenvalue weighted by Crippen LogP contribution is -2.43. The second kappa shape index (κ2) is 7.85. The van der Waals surface area contributed by atoms with Crippen LogP contribution in [0.2, 0.25) is 0 Å². The highest BCUT2D eigenvalue weighted by atomic mass is 19.4. The van der Waals surface area contributed by atoms with Gasteiger partial charge in [0.2, 0.25) is 0 Å². The Labute approximate surface area is 137 Å². The highest BCUT2D eigenvalue weighted by molar-refractivity contribution is 5.94. The molecule has 0 spiro atoms. The van der Waals surface area contributed by atoms with Gasteiger partial charge in [-0.25, -0.2) is 0 Å². The molecule has 1 aromatic carbocycles. The van der Waals surface area contributed by atoms with Crippen molar-refractivity contribution in [2.45, 2.75) is 37.6 Å². The van der Waals surface area contributed by atoms with Crippen molar-refractivity contribution in [3.05, 3.63) is 29.8 Å². The van der Waals surface area contributed by atoms with Gasteiger partial charge in [0.15, 0.2) is 0 Å². The standard InChI is InChI=1S/C16H20F3NO4/c17-16(18,19)24-13-5-3-12(4-6-13)14(22)20-11-15(23-10-9-21)7-1-2-8-15/h3-6,21H,1-2,7-11H2,(H,20,22). The average molecular weight is 347 g/mol. The molecule has 8 heteroatoms. The molecule has 1 amide bonds. The minimum atomic E-state index is -4.76. The van der Waals surface area contributed by atoms with Gasteiger partial charge in [0, 0.05) is 12.1 Å². The van der Waals surface area contributed by atoms with E-state index in [1.54, 1.807) is 0 Å². The number of nitrogens with one attached hydrogen (secondary N) is 1. The van der Waals surface area contributed by atoms with E-state index in [0.29, 0.717) is 6.54 Å². The van der Waals surface area contributed by atoms with Crippen molar-refractivity contribution in [3.63, 3.8) is 0 Å². The summed E-state index contributed by atoms with van der Waals surface area (Å²) in [4.78, 5) is 12.1. The molecule has 2 rings (SSSR count). The van der Waals surface area contributed by atoms with E-state index in [1.165, 1.54) is 12.1 Å². The maximum absolute atomic E-state index is 12.1. The van der Waals surface area contributed by atoms with Crippen LogP contribution in [0.25, 0.3) is 0 Å². The van der Waals surface area contributed by atoms with E-state index >= 15 is 0 Å². The zero-order chi connectivity index (χ0) is 17.6. The fraction of sp³-hybridized carbons (Fsp3) is 0.562. The van der Waals surface area contributed by atoms with Crippen LogP contribution >= 0.6 is 0 Å². The maximum Gasteiger partial charge on any atom is 0.573 e. The topological polar surface area (TPSA) is 67.8 Å². The second-order valence-corrected chi connectivity index (χ2v) is 5.72. The van der Waals surface area contributed by atoms with Crippen LogP contribution in [0.1, 0.15) is 36.0 Å². The number of hydrogen-bond donors (Lipinski definition) is 2. The Bertz CT molecular complexity index is 539. The highest BCUT2D eigenvalue weighted by Gasteiger charge is 2.35. The molecule has 0 heterocycles. The van der Waals surface area contributed by atoms with Crippen LogP contribution in [0.4, 0.5) is 13.2 Å². The van der Waals surface area contributed by atoms with Gasteiger partial charge < -0.3 is 19.9 Å². The third kappa shape index (κ3) is 5.38. The summed E-state index contributed by atoms with van der Waals surface area (Å²) in [6.07, 6.45) is -1.19. The summed E-state index contributed by atoms with van der Waals surface area (Å²) in [7, 11) is 0. The number of aliphatic hydroxyl groups is 1. The zero-order valence-corrected chi connectivity index (χ0v) is 13.1. The Morgan fingerprint density at radius 2 is 1.83 bits per heavy atom. The lowest BCUT2D eigenvalue weighted by Gasteiger charge is -2.29. The molecule has 1 aliphatic rings. The van der Waals surface area contributed by atoms with E-state index in [2.05, 4.69) is 10.1 Å². The molecule has 1 fully saturated rings. The lowest BCUT2D eigenvalue weighted by molar-refractivity contribution is -0.274. The lowest BCUT2D eigenvalue weighted by atomic mass is 10.0. The number of alkyl halides is 3. The number of ether oxygens (including phenoxy) is 2. The Morgan fingerprint density at radius 3 is 2.38 bits per heavy atom. The highest BCUT2D eigenvalue weighted by Crippen LogP contribution is 2.32. The van der Waals surface area contributed by atoms with Crippen LogP contribution in [0.5, 0.6) is 5.75 Å². The van der Waals surface area contributed by atoms with Gasteiger partial charge in [-0.2, -0.15) is 0 Å². The Kier molecular flexibility index (Phi) is 6.06. The summed E-state index contributed by atoms with van der Waals surface area (Å²) in [5.41, 5.74) is -0.239. The fourth-order valence-corrected chi connectivity index (χ4v) is 2.81. The van der Waals surface area contributed by atoms with Gasteiger partial charge in [-0.1, -0.05) is 12.8 Å². The largest absolute Gasteiger partial charge is 0.573 e. The first kappa shape index (κ1) is 18.5. The molecular formula is C16H20F3NO4. The van der Waals surface area contributed by atoms with Crippen molar-refractivity contribution in [3.8, 4) is 5.75 Å². The first-order chi connectivity index (χ1) is 11.3. The summed E-state index contributed by atoms with van der Waals surface area (Å²) < 4.78 is 45.8. The van der Waals surface area contributed by atoms with Gasteiger partial charge in [0.1, 0.15) is 5.75 Å². The summed E-state index contributed by atoms with van der Waals surface area (Å²) in [6.45, 7) is 0.419.